The standard InChI is InChI=1S/C34H42FN5O7/c35-27-8-6-24(7-9-27)33(44)38-28-18-29-34(45)36-11-13-46-14-15-47-22-32(43)39-12-10-25(26(20-39)17-31(42)40(29)21-28)16-30(41)37-19-23-4-2-1-3-5-23/h1-9,25-26,28-29H,10-22H2,(H,36,45)(H,37,41)(H,38,44)/t25-,26-,28-,29-/m0/s1. The Morgan fingerprint density at radius 1 is 0.936 bits per heavy atom. The Kier molecular flexibility index (Phi) is 11.9. The normalized spacial score (nSPS) is 24.6. The molecule has 0 saturated carbocycles. The lowest BCUT2D eigenvalue weighted by Gasteiger charge is -2.39. The molecule has 4 atom stereocenters. The number of piperidine rings is 1. The Balaban J connectivity index is 1.30. The van der Waals surface area contributed by atoms with Crippen molar-refractivity contribution in [3.05, 3.63) is 71.5 Å². The number of nitrogens with one attached hydrogen (secondary N) is 3. The van der Waals surface area contributed by atoms with Crippen LogP contribution in [0.25, 0.3) is 0 Å². The molecule has 3 N–H and O–H groups in total. The van der Waals surface area contributed by atoms with Crippen molar-refractivity contribution >= 4 is 29.5 Å². The van der Waals surface area contributed by atoms with Crippen molar-refractivity contribution in [3.63, 3.8) is 0 Å². The van der Waals surface area contributed by atoms with Crippen LogP contribution in [0.4, 0.5) is 4.39 Å². The first-order chi connectivity index (χ1) is 22.8. The minimum Gasteiger partial charge on any atom is -0.377 e. The fraction of sp³-hybridized carbons (Fsp3) is 0.500. The highest BCUT2D eigenvalue weighted by Crippen LogP contribution is 2.31. The summed E-state index contributed by atoms with van der Waals surface area (Å²) in [6.45, 7) is 1.97. The molecule has 3 aliphatic heterocycles. The number of fused-ring (bicyclic) bond motifs is 3. The molecule has 0 spiro atoms. The zero-order valence-electron chi connectivity index (χ0n) is 26.3. The van der Waals surface area contributed by atoms with E-state index in [4.69, 9.17) is 9.47 Å². The average Bonchev–Trinajstić information content (AvgIpc) is 3.50. The quantitative estimate of drug-likeness (QED) is 0.426. The zero-order valence-corrected chi connectivity index (χ0v) is 26.3. The maximum Gasteiger partial charge on any atom is 0.251 e. The number of rotatable bonds is 6. The second kappa shape index (κ2) is 16.5. The van der Waals surface area contributed by atoms with Crippen molar-refractivity contribution < 1.29 is 37.8 Å². The van der Waals surface area contributed by atoms with Gasteiger partial charge in [0.05, 0.1) is 19.8 Å². The smallest absolute Gasteiger partial charge is 0.251 e. The summed E-state index contributed by atoms with van der Waals surface area (Å²) in [5.74, 6) is -2.40. The second-order valence-electron chi connectivity index (χ2n) is 12.3. The first-order valence-corrected chi connectivity index (χ1v) is 16.1. The van der Waals surface area contributed by atoms with Gasteiger partial charge in [0.15, 0.2) is 0 Å². The number of benzene rings is 2. The van der Waals surface area contributed by atoms with Crippen LogP contribution in [0.5, 0.6) is 0 Å². The van der Waals surface area contributed by atoms with Gasteiger partial charge in [0.25, 0.3) is 5.91 Å². The zero-order chi connectivity index (χ0) is 33.2. The molecular weight excluding hydrogens is 609 g/mol. The van der Waals surface area contributed by atoms with Gasteiger partial charge in [0.1, 0.15) is 18.5 Å². The summed E-state index contributed by atoms with van der Waals surface area (Å²) < 4.78 is 24.4. The maximum absolute atomic E-state index is 14.0. The van der Waals surface area contributed by atoms with Crippen molar-refractivity contribution in [2.75, 3.05) is 52.6 Å². The third-order valence-electron chi connectivity index (χ3n) is 8.97. The predicted octanol–water partition coefficient (Wildman–Crippen LogP) is 1.25. The number of halogens is 1. The molecule has 47 heavy (non-hydrogen) atoms. The summed E-state index contributed by atoms with van der Waals surface area (Å²) in [6.07, 6.45) is 0.944. The molecule has 5 rings (SSSR count). The van der Waals surface area contributed by atoms with Crippen LogP contribution in [-0.2, 0) is 35.2 Å². The van der Waals surface area contributed by atoms with Crippen LogP contribution in [0.3, 0.4) is 0 Å². The molecule has 0 unspecified atom stereocenters. The molecule has 13 heteroatoms. The molecule has 0 aromatic heterocycles. The Morgan fingerprint density at radius 2 is 1.70 bits per heavy atom. The van der Waals surface area contributed by atoms with Crippen LogP contribution < -0.4 is 16.0 Å². The van der Waals surface area contributed by atoms with Crippen LogP contribution in [-0.4, -0.2) is 104 Å². The first kappa shape index (κ1) is 34.0. The summed E-state index contributed by atoms with van der Waals surface area (Å²) in [4.78, 5) is 69.4. The molecule has 2 aromatic carbocycles. The molecule has 0 radical (unpaired) electrons. The molecule has 3 fully saturated rings. The van der Waals surface area contributed by atoms with E-state index >= 15 is 0 Å². The molecule has 2 bridgehead atoms. The number of nitrogens with zero attached hydrogens (tertiary/aromatic N) is 2. The Hall–Kier alpha value is -4.36. The lowest BCUT2D eigenvalue weighted by Crippen LogP contribution is -2.50. The van der Waals surface area contributed by atoms with Gasteiger partial charge in [-0.25, -0.2) is 4.39 Å². The number of carbonyl (C=O) groups is 5. The fourth-order valence-electron chi connectivity index (χ4n) is 6.43. The molecule has 3 saturated heterocycles. The van der Waals surface area contributed by atoms with Gasteiger partial charge in [-0.05, 0) is 54.5 Å². The summed E-state index contributed by atoms with van der Waals surface area (Å²) in [7, 11) is 0. The van der Waals surface area contributed by atoms with E-state index < -0.39 is 23.8 Å². The van der Waals surface area contributed by atoms with Crippen molar-refractivity contribution in [1.82, 2.24) is 25.8 Å². The fourth-order valence-corrected chi connectivity index (χ4v) is 6.43. The molecule has 0 aliphatic carbocycles. The average molecular weight is 652 g/mol. The Bertz CT molecular complexity index is 1410. The first-order valence-electron chi connectivity index (χ1n) is 16.1. The van der Waals surface area contributed by atoms with Gasteiger partial charge >= 0.3 is 0 Å². The molecule has 2 aromatic rings. The minimum absolute atomic E-state index is 0.0206. The number of hydrogen-bond acceptors (Lipinski definition) is 7. The highest BCUT2D eigenvalue weighted by atomic mass is 19.1. The highest BCUT2D eigenvalue weighted by molar-refractivity contribution is 5.95. The highest BCUT2D eigenvalue weighted by Gasteiger charge is 2.42. The monoisotopic (exact) mass is 651 g/mol. The van der Waals surface area contributed by atoms with Crippen molar-refractivity contribution in [1.29, 1.82) is 0 Å². The van der Waals surface area contributed by atoms with E-state index in [1.807, 2.05) is 30.3 Å². The lowest BCUT2D eigenvalue weighted by molar-refractivity contribution is -0.143. The molecule has 5 amide bonds. The number of amides is 5. The summed E-state index contributed by atoms with van der Waals surface area (Å²) in [6, 6.07) is 13.4. The van der Waals surface area contributed by atoms with Crippen LogP contribution in [0.15, 0.2) is 54.6 Å². The SMILES string of the molecule is O=C(C[C@@H]1CCN2C[C@@H]1CC(=O)N1C[C@@H](NC(=O)c3ccc(F)cc3)C[C@H]1C(=O)NCCOCCOCC2=O)NCc1ccccc1. The summed E-state index contributed by atoms with van der Waals surface area (Å²) in [5, 5.41) is 8.67. The van der Waals surface area contributed by atoms with E-state index in [0.29, 0.717) is 19.5 Å². The molecule has 252 valence electrons. The van der Waals surface area contributed by atoms with Crippen LogP contribution in [0.2, 0.25) is 0 Å². The molecule has 12 nitrogen and oxygen atoms in total. The molecule has 3 heterocycles. The van der Waals surface area contributed by atoms with Crippen molar-refractivity contribution in [2.24, 2.45) is 11.8 Å². The molecule has 3 aliphatic rings. The van der Waals surface area contributed by atoms with E-state index in [-0.39, 0.29) is 106 Å². The lowest BCUT2D eigenvalue weighted by atomic mass is 9.80. The molecular formula is C34H42FN5O7. The number of hydrogen-bond donors (Lipinski definition) is 3. The topological polar surface area (TPSA) is 146 Å². The van der Waals surface area contributed by atoms with E-state index in [9.17, 15) is 28.4 Å². The number of ether oxygens (including phenoxy) is 2. The summed E-state index contributed by atoms with van der Waals surface area (Å²) in [5.41, 5.74) is 1.24. The maximum atomic E-state index is 14.0. The van der Waals surface area contributed by atoms with E-state index in [0.717, 1.165) is 5.56 Å². The van der Waals surface area contributed by atoms with Crippen molar-refractivity contribution in [3.8, 4) is 0 Å². The van der Waals surface area contributed by atoms with Crippen LogP contribution in [0.1, 0.15) is 41.6 Å². The van der Waals surface area contributed by atoms with E-state index in [2.05, 4.69) is 16.0 Å². The van der Waals surface area contributed by atoms with Gasteiger partial charge in [-0.3, -0.25) is 24.0 Å². The van der Waals surface area contributed by atoms with Crippen molar-refractivity contribution in [2.45, 2.75) is 44.3 Å². The van der Waals surface area contributed by atoms with Crippen LogP contribution in [0, 0.1) is 17.7 Å². The van der Waals surface area contributed by atoms with Gasteiger partial charge in [-0.15, -0.1) is 0 Å². The third-order valence-corrected chi connectivity index (χ3v) is 8.97. The second-order valence-corrected chi connectivity index (χ2v) is 12.3. The van der Waals surface area contributed by atoms with Gasteiger partial charge in [-0.2, -0.15) is 0 Å². The number of carbonyl (C=O) groups excluding carboxylic acids is 5. The summed E-state index contributed by atoms with van der Waals surface area (Å²) >= 11 is 0. The van der Waals surface area contributed by atoms with E-state index in [1.54, 1.807) is 4.90 Å². The van der Waals surface area contributed by atoms with E-state index in [1.165, 1.54) is 29.2 Å². The Labute approximate surface area is 273 Å². The predicted molar refractivity (Wildman–Crippen MR) is 168 cm³/mol. The van der Waals surface area contributed by atoms with Gasteiger partial charge in [-0.1, -0.05) is 30.3 Å². The van der Waals surface area contributed by atoms with Gasteiger partial charge < -0.3 is 35.2 Å². The Morgan fingerprint density at radius 3 is 2.49 bits per heavy atom. The van der Waals surface area contributed by atoms with Crippen LogP contribution >= 0.6 is 0 Å². The van der Waals surface area contributed by atoms with Gasteiger partial charge in [0.2, 0.25) is 23.6 Å². The largest absolute Gasteiger partial charge is 0.377 e. The minimum atomic E-state index is -0.839. The van der Waals surface area contributed by atoms with Gasteiger partial charge in [0, 0.05) is 57.2 Å². The third kappa shape index (κ3) is 9.58.